The van der Waals surface area contributed by atoms with Gasteiger partial charge in [0.15, 0.2) is 0 Å². The molecule has 1 heterocycles. The Morgan fingerprint density at radius 2 is 1.83 bits per heavy atom. The number of allylic oxidation sites excluding steroid dienone is 1. The Morgan fingerprint density at radius 3 is 2.48 bits per heavy atom. The lowest BCUT2D eigenvalue weighted by atomic mass is 9.94. The number of anilines is 1. The van der Waals surface area contributed by atoms with Gasteiger partial charge in [0.2, 0.25) is 0 Å². The van der Waals surface area contributed by atoms with E-state index >= 15 is 0 Å². The van der Waals surface area contributed by atoms with Crippen molar-refractivity contribution < 1.29 is 31.5 Å². The quantitative estimate of drug-likeness (QED) is 0.661. The number of amides is 3. The maximum Gasteiger partial charge on any atom is 0.416 e. The number of hydrogen-bond acceptors (Lipinski definition) is 2. The third-order valence-electron chi connectivity index (χ3n) is 4.24. The third-order valence-corrected chi connectivity index (χ3v) is 4.24. The normalized spacial score (nSPS) is 16.9. The molecule has 0 aromatic heterocycles. The monoisotopic (exact) mass is 411 g/mol. The van der Waals surface area contributed by atoms with Gasteiger partial charge < -0.3 is 16.0 Å². The first kappa shape index (κ1) is 20.3. The van der Waals surface area contributed by atoms with Crippen LogP contribution in [-0.4, -0.2) is 11.9 Å². The van der Waals surface area contributed by atoms with E-state index in [0.717, 1.165) is 30.3 Å². The highest BCUT2D eigenvalue weighted by molar-refractivity contribution is 6.06. The number of benzene rings is 2. The SMILES string of the molecule is CC1=C(C(=O)Nc2cccc(C(F)(F)F)c2)C(c2ccc(F)cc2F)NC(=O)N1. The van der Waals surface area contributed by atoms with Crippen LogP contribution in [0.5, 0.6) is 0 Å². The fourth-order valence-corrected chi connectivity index (χ4v) is 2.94. The molecule has 0 bridgehead atoms. The molecule has 0 saturated heterocycles. The molecule has 0 saturated carbocycles. The third kappa shape index (κ3) is 4.36. The Labute approximate surface area is 161 Å². The smallest absolute Gasteiger partial charge is 0.327 e. The van der Waals surface area contributed by atoms with E-state index < -0.39 is 41.4 Å². The number of urea groups is 1. The largest absolute Gasteiger partial charge is 0.416 e. The Kier molecular flexibility index (Phi) is 5.27. The summed E-state index contributed by atoms with van der Waals surface area (Å²) in [5.41, 5.74) is -1.33. The molecule has 3 rings (SSSR count). The number of hydrogen-bond donors (Lipinski definition) is 3. The van der Waals surface area contributed by atoms with Crippen molar-refractivity contribution >= 4 is 17.6 Å². The van der Waals surface area contributed by atoms with Gasteiger partial charge in [-0.3, -0.25) is 4.79 Å². The summed E-state index contributed by atoms with van der Waals surface area (Å²) < 4.78 is 66.1. The van der Waals surface area contributed by atoms with Gasteiger partial charge in [-0.05, 0) is 31.2 Å². The first-order valence-electron chi connectivity index (χ1n) is 8.28. The van der Waals surface area contributed by atoms with Crippen LogP contribution < -0.4 is 16.0 Å². The Hall–Kier alpha value is -3.43. The highest BCUT2D eigenvalue weighted by Crippen LogP contribution is 2.32. The van der Waals surface area contributed by atoms with Crippen molar-refractivity contribution in [2.45, 2.75) is 19.1 Å². The number of carbonyl (C=O) groups excluding carboxylic acids is 2. The van der Waals surface area contributed by atoms with Crippen molar-refractivity contribution in [3.05, 3.63) is 76.5 Å². The van der Waals surface area contributed by atoms with Gasteiger partial charge in [0.1, 0.15) is 11.6 Å². The maximum absolute atomic E-state index is 14.2. The fourth-order valence-electron chi connectivity index (χ4n) is 2.94. The summed E-state index contributed by atoms with van der Waals surface area (Å²) in [5.74, 6) is -2.69. The van der Waals surface area contributed by atoms with Crippen molar-refractivity contribution in [3.63, 3.8) is 0 Å². The van der Waals surface area contributed by atoms with Gasteiger partial charge in [0.25, 0.3) is 5.91 Å². The molecule has 29 heavy (non-hydrogen) atoms. The van der Waals surface area contributed by atoms with E-state index in [1.165, 1.54) is 13.0 Å². The predicted octanol–water partition coefficient (Wildman–Crippen LogP) is 4.25. The molecule has 3 amide bonds. The number of rotatable bonds is 3. The molecule has 152 valence electrons. The minimum absolute atomic E-state index is 0.0759. The molecule has 0 aliphatic carbocycles. The zero-order chi connectivity index (χ0) is 21.3. The Bertz CT molecular complexity index is 1020. The second kappa shape index (κ2) is 7.53. The lowest BCUT2D eigenvalue weighted by Crippen LogP contribution is -2.46. The predicted molar refractivity (Wildman–Crippen MR) is 93.5 cm³/mol. The lowest BCUT2D eigenvalue weighted by molar-refractivity contribution is -0.137. The lowest BCUT2D eigenvalue weighted by Gasteiger charge is -2.29. The molecule has 1 aliphatic rings. The highest BCUT2D eigenvalue weighted by Gasteiger charge is 2.34. The standard InChI is InChI=1S/C19H14F5N3O2/c1-9-15(17(28)26-12-4-2-3-10(7-12)19(22,23)24)16(27-18(29)25-9)13-6-5-11(20)8-14(13)21/h2-8,16H,1H3,(H,26,28)(H2,25,27,29). The molecule has 1 atom stereocenters. The zero-order valence-electron chi connectivity index (χ0n) is 14.8. The van der Waals surface area contributed by atoms with Gasteiger partial charge in [-0.15, -0.1) is 0 Å². The molecule has 3 N–H and O–H groups in total. The highest BCUT2D eigenvalue weighted by atomic mass is 19.4. The minimum atomic E-state index is -4.60. The fraction of sp³-hybridized carbons (Fsp3) is 0.158. The molecule has 0 fully saturated rings. The molecule has 10 heteroatoms. The van der Waals surface area contributed by atoms with Crippen molar-refractivity contribution in [1.29, 1.82) is 0 Å². The second-order valence-corrected chi connectivity index (χ2v) is 6.27. The van der Waals surface area contributed by atoms with Crippen LogP contribution in [0.1, 0.15) is 24.1 Å². The van der Waals surface area contributed by atoms with Crippen LogP contribution in [0.15, 0.2) is 53.7 Å². The summed E-state index contributed by atoms with van der Waals surface area (Å²) in [6, 6.07) is 4.62. The second-order valence-electron chi connectivity index (χ2n) is 6.27. The van der Waals surface area contributed by atoms with Gasteiger partial charge in [-0.1, -0.05) is 12.1 Å². The van der Waals surface area contributed by atoms with Crippen molar-refractivity contribution in [1.82, 2.24) is 10.6 Å². The van der Waals surface area contributed by atoms with Crippen LogP contribution in [0.3, 0.4) is 0 Å². The Balaban J connectivity index is 1.96. The molecule has 0 spiro atoms. The van der Waals surface area contributed by atoms with E-state index in [1.54, 1.807) is 0 Å². The summed E-state index contributed by atoms with van der Waals surface area (Å²) in [6.07, 6.45) is -4.60. The summed E-state index contributed by atoms with van der Waals surface area (Å²) in [7, 11) is 0. The van der Waals surface area contributed by atoms with Gasteiger partial charge in [-0.2, -0.15) is 13.2 Å². The van der Waals surface area contributed by atoms with Crippen molar-refractivity contribution in [2.24, 2.45) is 0 Å². The van der Waals surface area contributed by atoms with Crippen LogP contribution >= 0.6 is 0 Å². The number of carbonyl (C=O) groups is 2. The van der Waals surface area contributed by atoms with Gasteiger partial charge in [-0.25, -0.2) is 13.6 Å². The number of halogens is 5. The van der Waals surface area contributed by atoms with E-state index in [0.29, 0.717) is 6.07 Å². The van der Waals surface area contributed by atoms with Gasteiger partial charge in [0, 0.05) is 23.0 Å². The molecule has 0 radical (unpaired) electrons. The first-order chi connectivity index (χ1) is 13.6. The molecular weight excluding hydrogens is 397 g/mol. The summed E-state index contributed by atoms with van der Waals surface area (Å²) in [4.78, 5) is 24.6. The number of nitrogens with one attached hydrogen (secondary N) is 3. The van der Waals surface area contributed by atoms with Crippen LogP contribution in [-0.2, 0) is 11.0 Å². The zero-order valence-corrected chi connectivity index (χ0v) is 14.8. The average Bonchev–Trinajstić information content (AvgIpc) is 2.60. The first-order valence-corrected chi connectivity index (χ1v) is 8.28. The number of alkyl halides is 3. The van der Waals surface area contributed by atoms with Crippen LogP contribution in [0, 0.1) is 11.6 Å². The van der Waals surface area contributed by atoms with E-state index in [1.807, 2.05) is 0 Å². The Morgan fingerprint density at radius 1 is 1.10 bits per heavy atom. The van der Waals surface area contributed by atoms with Crippen molar-refractivity contribution in [3.8, 4) is 0 Å². The van der Waals surface area contributed by atoms with Crippen LogP contribution in [0.25, 0.3) is 0 Å². The topological polar surface area (TPSA) is 70.2 Å². The van der Waals surface area contributed by atoms with E-state index in [9.17, 15) is 31.5 Å². The molecule has 1 unspecified atom stereocenters. The molecule has 2 aromatic rings. The van der Waals surface area contributed by atoms with E-state index in [2.05, 4.69) is 16.0 Å². The summed E-state index contributed by atoms with van der Waals surface area (Å²) in [5, 5.41) is 7.03. The minimum Gasteiger partial charge on any atom is -0.327 e. The van der Waals surface area contributed by atoms with Crippen LogP contribution in [0.4, 0.5) is 32.4 Å². The summed E-state index contributed by atoms with van der Waals surface area (Å²) >= 11 is 0. The molecule has 2 aromatic carbocycles. The molecular formula is C19H14F5N3O2. The van der Waals surface area contributed by atoms with Crippen LogP contribution in [0.2, 0.25) is 0 Å². The molecule has 1 aliphatic heterocycles. The average molecular weight is 411 g/mol. The van der Waals surface area contributed by atoms with Gasteiger partial charge in [0.05, 0.1) is 17.2 Å². The van der Waals surface area contributed by atoms with Crippen molar-refractivity contribution in [2.75, 3.05) is 5.32 Å². The van der Waals surface area contributed by atoms with E-state index in [-0.39, 0.29) is 22.5 Å². The maximum atomic E-state index is 14.2. The molecule has 5 nitrogen and oxygen atoms in total. The van der Waals surface area contributed by atoms with E-state index in [4.69, 9.17) is 0 Å². The summed E-state index contributed by atoms with van der Waals surface area (Å²) in [6.45, 7) is 1.38. The van der Waals surface area contributed by atoms with Gasteiger partial charge >= 0.3 is 12.2 Å².